The first-order valence-electron chi connectivity index (χ1n) is 5.98. The van der Waals surface area contributed by atoms with Crippen molar-refractivity contribution in [3.05, 3.63) is 4.88 Å². The lowest BCUT2D eigenvalue weighted by Crippen LogP contribution is -2.25. The van der Waals surface area contributed by atoms with E-state index in [1.165, 1.54) is 11.3 Å². The van der Waals surface area contributed by atoms with E-state index < -0.39 is 0 Å². The van der Waals surface area contributed by atoms with Gasteiger partial charge in [0.15, 0.2) is 5.13 Å². The van der Waals surface area contributed by atoms with Gasteiger partial charge >= 0.3 is 0 Å². The third-order valence-electron chi connectivity index (χ3n) is 2.10. The van der Waals surface area contributed by atoms with Gasteiger partial charge in [0.25, 0.3) is 5.91 Å². The van der Waals surface area contributed by atoms with Crippen LogP contribution in [-0.4, -0.2) is 35.5 Å². The highest BCUT2D eigenvalue weighted by Crippen LogP contribution is 2.24. The number of thiazole rings is 1. The Morgan fingerprint density at radius 1 is 1.58 bits per heavy atom. The minimum absolute atomic E-state index is 0.180. The van der Waals surface area contributed by atoms with Gasteiger partial charge in [-0.15, -0.1) is 18.2 Å². The van der Waals surface area contributed by atoms with Gasteiger partial charge in [-0.25, -0.2) is 4.98 Å². The summed E-state index contributed by atoms with van der Waals surface area (Å²) in [5.41, 5.74) is 5.73. The molecule has 0 fully saturated rings. The number of amides is 1. The molecule has 4 N–H and O–H groups in total. The van der Waals surface area contributed by atoms with Crippen LogP contribution in [0.15, 0.2) is 0 Å². The molecule has 7 heteroatoms. The van der Waals surface area contributed by atoms with E-state index in [1.54, 1.807) is 11.8 Å². The maximum atomic E-state index is 11.9. The zero-order valence-electron chi connectivity index (χ0n) is 10.9. The van der Waals surface area contributed by atoms with Crippen molar-refractivity contribution >= 4 is 40.0 Å². The molecule has 0 aliphatic rings. The largest absolute Gasteiger partial charge is 0.382 e. The molecule has 0 aromatic carbocycles. The number of terminal acetylenes is 1. The Balaban J connectivity index is 2.43. The topological polar surface area (TPSA) is 80.0 Å². The van der Waals surface area contributed by atoms with E-state index in [4.69, 9.17) is 12.2 Å². The second-order valence-corrected chi connectivity index (χ2v) is 5.78. The number of aromatic nitrogens is 1. The van der Waals surface area contributed by atoms with Gasteiger partial charge in [0.1, 0.15) is 10.7 Å². The van der Waals surface area contributed by atoms with Gasteiger partial charge in [-0.3, -0.25) is 4.79 Å². The highest BCUT2D eigenvalue weighted by atomic mass is 32.2. The summed E-state index contributed by atoms with van der Waals surface area (Å²) >= 11 is 2.88. The van der Waals surface area contributed by atoms with Gasteiger partial charge in [0.2, 0.25) is 0 Å². The Morgan fingerprint density at radius 2 is 2.37 bits per heavy atom. The van der Waals surface area contributed by atoms with E-state index in [0.29, 0.717) is 22.3 Å². The van der Waals surface area contributed by atoms with Crippen molar-refractivity contribution in [2.75, 3.05) is 35.6 Å². The third-order valence-corrected chi connectivity index (χ3v) is 3.99. The number of nitrogen functional groups attached to an aromatic ring is 1. The minimum Gasteiger partial charge on any atom is -0.382 e. The minimum atomic E-state index is -0.180. The molecule has 1 rings (SSSR count). The molecule has 0 spiro atoms. The summed E-state index contributed by atoms with van der Waals surface area (Å²) in [7, 11) is 0. The molecule has 0 radical (unpaired) electrons. The third kappa shape index (κ3) is 5.41. The maximum Gasteiger partial charge on any atom is 0.265 e. The van der Waals surface area contributed by atoms with Crippen LogP contribution >= 0.6 is 23.1 Å². The van der Waals surface area contributed by atoms with Gasteiger partial charge in [-0.2, -0.15) is 0 Å². The van der Waals surface area contributed by atoms with Crippen LogP contribution in [-0.2, 0) is 0 Å². The summed E-state index contributed by atoms with van der Waals surface area (Å²) in [6.45, 7) is 3.45. The van der Waals surface area contributed by atoms with Crippen LogP contribution in [0.3, 0.4) is 0 Å². The predicted octanol–water partition coefficient (Wildman–Crippen LogP) is 1.64. The lowest BCUT2D eigenvalue weighted by molar-refractivity contribution is 0.0961. The number of anilines is 2. The summed E-state index contributed by atoms with van der Waals surface area (Å²) < 4.78 is 0. The van der Waals surface area contributed by atoms with Crippen molar-refractivity contribution in [3.63, 3.8) is 0 Å². The standard InChI is InChI=1S/C12H18N4OS2/c1-3-5-15-12-16-10(13)9(19-12)11(17)14-6-8-18-7-4-2/h2H,3,5-8,13H2,1H3,(H,14,17)(H,15,16). The lowest BCUT2D eigenvalue weighted by atomic mass is 10.4. The highest BCUT2D eigenvalue weighted by molar-refractivity contribution is 7.99. The van der Waals surface area contributed by atoms with Crippen molar-refractivity contribution < 1.29 is 4.79 Å². The fourth-order valence-electron chi connectivity index (χ4n) is 1.25. The normalized spacial score (nSPS) is 9.89. The molecule has 5 nitrogen and oxygen atoms in total. The van der Waals surface area contributed by atoms with Gasteiger partial charge in [0.05, 0.1) is 5.75 Å². The molecule has 1 aromatic rings. The summed E-state index contributed by atoms with van der Waals surface area (Å²) in [6.07, 6.45) is 6.13. The Labute approximate surface area is 121 Å². The van der Waals surface area contributed by atoms with Crippen LogP contribution < -0.4 is 16.4 Å². The van der Waals surface area contributed by atoms with Crippen LogP contribution in [0.1, 0.15) is 23.0 Å². The first-order chi connectivity index (χ1) is 9.19. The number of hydrogen-bond donors (Lipinski definition) is 3. The summed E-state index contributed by atoms with van der Waals surface area (Å²) in [5.74, 6) is 4.07. The molecular formula is C12H18N4OS2. The molecule has 0 unspecified atom stereocenters. The second kappa shape index (κ2) is 8.67. The van der Waals surface area contributed by atoms with Crippen LogP contribution in [0, 0.1) is 12.3 Å². The monoisotopic (exact) mass is 298 g/mol. The summed E-state index contributed by atoms with van der Waals surface area (Å²) in [6, 6.07) is 0. The molecule has 1 amide bonds. The maximum absolute atomic E-state index is 11.9. The number of nitrogens with one attached hydrogen (secondary N) is 2. The molecule has 0 bridgehead atoms. The Kier molecular flexibility index (Phi) is 7.15. The highest BCUT2D eigenvalue weighted by Gasteiger charge is 2.15. The van der Waals surface area contributed by atoms with Crippen molar-refractivity contribution in [1.82, 2.24) is 10.3 Å². The van der Waals surface area contributed by atoms with Crippen LogP contribution in [0.25, 0.3) is 0 Å². The molecule has 0 aliphatic heterocycles. The molecule has 104 valence electrons. The van der Waals surface area contributed by atoms with E-state index in [0.717, 1.165) is 18.7 Å². The number of nitrogens with two attached hydrogens (primary N) is 1. The van der Waals surface area contributed by atoms with Crippen molar-refractivity contribution in [1.29, 1.82) is 0 Å². The van der Waals surface area contributed by atoms with E-state index in [-0.39, 0.29) is 11.7 Å². The fourth-order valence-corrected chi connectivity index (χ4v) is 2.59. The zero-order chi connectivity index (χ0) is 14.1. The van der Waals surface area contributed by atoms with Crippen LogP contribution in [0.4, 0.5) is 10.9 Å². The SMILES string of the molecule is C#CCSCCNC(=O)c1sc(NCCC)nc1N. The fraction of sp³-hybridized carbons (Fsp3) is 0.500. The number of hydrogen-bond acceptors (Lipinski definition) is 6. The number of rotatable bonds is 8. The van der Waals surface area contributed by atoms with E-state index in [1.807, 2.05) is 0 Å². The van der Waals surface area contributed by atoms with Gasteiger partial charge in [-0.1, -0.05) is 24.2 Å². The van der Waals surface area contributed by atoms with Crippen molar-refractivity contribution in [3.8, 4) is 12.3 Å². The van der Waals surface area contributed by atoms with E-state index in [9.17, 15) is 4.79 Å². The van der Waals surface area contributed by atoms with Gasteiger partial charge in [-0.05, 0) is 6.42 Å². The Hall–Kier alpha value is -1.39. The number of thioether (sulfide) groups is 1. The quantitative estimate of drug-likeness (QED) is 0.502. The van der Waals surface area contributed by atoms with Crippen molar-refractivity contribution in [2.45, 2.75) is 13.3 Å². The van der Waals surface area contributed by atoms with Gasteiger partial charge in [0, 0.05) is 18.8 Å². The number of carbonyl (C=O) groups excluding carboxylic acids is 1. The van der Waals surface area contributed by atoms with Crippen molar-refractivity contribution in [2.24, 2.45) is 0 Å². The second-order valence-electron chi connectivity index (χ2n) is 3.67. The summed E-state index contributed by atoms with van der Waals surface area (Å²) in [4.78, 5) is 16.5. The smallest absolute Gasteiger partial charge is 0.265 e. The molecule has 0 atom stereocenters. The van der Waals surface area contributed by atoms with E-state index >= 15 is 0 Å². The summed E-state index contributed by atoms with van der Waals surface area (Å²) in [5, 5.41) is 6.60. The molecule has 1 aromatic heterocycles. The van der Waals surface area contributed by atoms with E-state index in [2.05, 4.69) is 28.5 Å². The Bertz CT molecular complexity index is 453. The molecule has 0 aliphatic carbocycles. The first kappa shape index (κ1) is 15.7. The lowest BCUT2D eigenvalue weighted by Gasteiger charge is -2.02. The Morgan fingerprint density at radius 3 is 3.05 bits per heavy atom. The zero-order valence-corrected chi connectivity index (χ0v) is 12.5. The molecule has 0 saturated heterocycles. The number of carbonyl (C=O) groups is 1. The predicted molar refractivity (Wildman–Crippen MR) is 83.8 cm³/mol. The van der Waals surface area contributed by atoms with Gasteiger partial charge < -0.3 is 16.4 Å². The van der Waals surface area contributed by atoms with Crippen LogP contribution in [0.5, 0.6) is 0 Å². The molecule has 0 saturated carbocycles. The van der Waals surface area contributed by atoms with Crippen LogP contribution in [0.2, 0.25) is 0 Å². The average Bonchev–Trinajstić information content (AvgIpc) is 2.77. The molecule has 19 heavy (non-hydrogen) atoms. The average molecular weight is 298 g/mol. The molecule has 1 heterocycles. The first-order valence-corrected chi connectivity index (χ1v) is 7.95. The molecular weight excluding hydrogens is 280 g/mol. The number of nitrogens with zero attached hydrogens (tertiary/aromatic N) is 1.